The summed E-state index contributed by atoms with van der Waals surface area (Å²) in [5.74, 6) is 1.06. The molecular weight excluding hydrogens is 370 g/mol. The summed E-state index contributed by atoms with van der Waals surface area (Å²) in [5, 5.41) is 0. The highest BCUT2D eigenvalue weighted by molar-refractivity contribution is 5.84. The second kappa shape index (κ2) is 10.2. The molecule has 0 saturated carbocycles. The topological polar surface area (TPSA) is 70.9 Å². The maximum atomic E-state index is 13.3. The van der Waals surface area contributed by atoms with Gasteiger partial charge in [-0.3, -0.25) is 14.5 Å². The van der Waals surface area contributed by atoms with Crippen LogP contribution in [0.15, 0.2) is 12.4 Å². The Labute approximate surface area is 173 Å². The van der Waals surface area contributed by atoms with Crippen molar-refractivity contribution < 1.29 is 14.3 Å². The number of morpholine rings is 1. The lowest BCUT2D eigenvalue weighted by molar-refractivity contribution is -0.144. The molecule has 2 aliphatic rings. The molecule has 29 heavy (non-hydrogen) atoms. The third-order valence-electron chi connectivity index (χ3n) is 5.99. The number of carbonyl (C=O) groups is 2. The van der Waals surface area contributed by atoms with Gasteiger partial charge >= 0.3 is 0 Å². The number of imidazole rings is 1. The molecule has 0 N–H and O–H groups in total. The van der Waals surface area contributed by atoms with Crippen molar-refractivity contribution in [3.8, 4) is 0 Å². The fourth-order valence-electron chi connectivity index (χ4n) is 4.09. The molecule has 0 bridgehead atoms. The van der Waals surface area contributed by atoms with Crippen molar-refractivity contribution in [1.29, 1.82) is 0 Å². The van der Waals surface area contributed by atoms with E-state index in [0.717, 1.165) is 51.6 Å². The zero-order valence-corrected chi connectivity index (χ0v) is 18.0. The standard InChI is InChI=1S/C21H35N5O3/c1-17(2)26(16-19-22-7-10-23(19)3)21(28)18-5-6-20(27)25(15-18)9-4-8-24-11-13-29-14-12-24/h7,10,17-18H,4-6,8-9,11-16H2,1-3H3/t18-/m0/s1. The van der Waals surface area contributed by atoms with Gasteiger partial charge in [0.1, 0.15) is 5.82 Å². The molecule has 162 valence electrons. The Hall–Kier alpha value is -1.93. The van der Waals surface area contributed by atoms with E-state index in [4.69, 9.17) is 4.74 Å². The number of rotatable bonds is 8. The van der Waals surface area contributed by atoms with Crippen LogP contribution in [0.25, 0.3) is 0 Å². The molecule has 8 heteroatoms. The van der Waals surface area contributed by atoms with E-state index in [-0.39, 0.29) is 23.8 Å². The molecule has 0 unspecified atom stereocenters. The smallest absolute Gasteiger partial charge is 0.228 e. The number of ether oxygens (including phenoxy) is 1. The lowest BCUT2D eigenvalue weighted by Gasteiger charge is -2.36. The van der Waals surface area contributed by atoms with Crippen LogP contribution in [-0.2, 0) is 27.9 Å². The number of nitrogens with zero attached hydrogens (tertiary/aromatic N) is 5. The summed E-state index contributed by atoms with van der Waals surface area (Å²) in [4.78, 5) is 36.2. The number of likely N-dealkylation sites (tertiary alicyclic amines) is 1. The molecule has 0 radical (unpaired) electrons. The second-order valence-electron chi connectivity index (χ2n) is 8.40. The highest BCUT2D eigenvalue weighted by Crippen LogP contribution is 2.22. The predicted octanol–water partition coefficient (Wildman–Crippen LogP) is 1.12. The van der Waals surface area contributed by atoms with Crippen LogP contribution in [-0.4, -0.2) is 88.0 Å². The number of aryl methyl sites for hydroxylation is 1. The maximum Gasteiger partial charge on any atom is 0.228 e. The van der Waals surface area contributed by atoms with E-state index in [1.807, 2.05) is 41.5 Å². The minimum absolute atomic E-state index is 0.0894. The lowest BCUT2D eigenvalue weighted by Crippen LogP contribution is -2.49. The van der Waals surface area contributed by atoms with E-state index in [1.165, 1.54) is 0 Å². The first kappa shape index (κ1) is 21.8. The van der Waals surface area contributed by atoms with Crippen molar-refractivity contribution in [2.24, 2.45) is 13.0 Å². The van der Waals surface area contributed by atoms with Crippen molar-refractivity contribution in [3.05, 3.63) is 18.2 Å². The van der Waals surface area contributed by atoms with Gasteiger partial charge in [-0.1, -0.05) is 0 Å². The number of hydrogen-bond acceptors (Lipinski definition) is 5. The summed E-state index contributed by atoms with van der Waals surface area (Å²) in [6.07, 6.45) is 5.69. The zero-order valence-electron chi connectivity index (χ0n) is 18.0. The van der Waals surface area contributed by atoms with Gasteiger partial charge in [-0.05, 0) is 26.7 Å². The quantitative estimate of drug-likeness (QED) is 0.648. The summed E-state index contributed by atoms with van der Waals surface area (Å²) in [5.41, 5.74) is 0. The minimum atomic E-state index is -0.126. The third-order valence-corrected chi connectivity index (χ3v) is 5.99. The monoisotopic (exact) mass is 405 g/mol. The molecular formula is C21H35N5O3. The third kappa shape index (κ3) is 5.79. The minimum Gasteiger partial charge on any atom is -0.379 e. The van der Waals surface area contributed by atoms with Gasteiger partial charge in [0.15, 0.2) is 0 Å². The van der Waals surface area contributed by atoms with Crippen LogP contribution in [0.3, 0.4) is 0 Å². The van der Waals surface area contributed by atoms with Crippen LogP contribution < -0.4 is 0 Å². The van der Waals surface area contributed by atoms with Crippen molar-refractivity contribution in [2.45, 2.75) is 45.7 Å². The van der Waals surface area contributed by atoms with Crippen LogP contribution >= 0.6 is 0 Å². The molecule has 2 amide bonds. The van der Waals surface area contributed by atoms with Gasteiger partial charge in [0.2, 0.25) is 11.8 Å². The molecule has 2 aliphatic heterocycles. The van der Waals surface area contributed by atoms with Crippen molar-refractivity contribution in [2.75, 3.05) is 45.9 Å². The van der Waals surface area contributed by atoms with Gasteiger partial charge in [-0.25, -0.2) is 4.98 Å². The number of piperidine rings is 1. The van der Waals surface area contributed by atoms with Crippen LogP contribution in [0.5, 0.6) is 0 Å². The van der Waals surface area contributed by atoms with E-state index >= 15 is 0 Å². The van der Waals surface area contributed by atoms with Crippen LogP contribution in [0, 0.1) is 5.92 Å². The molecule has 0 aromatic carbocycles. The molecule has 2 saturated heterocycles. The summed E-state index contributed by atoms with van der Waals surface area (Å²) in [6, 6.07) is 0.0894. The van der Waals surface area contributed by atoms with E-state index in [0.29, 0.717) is 25.9 Å². The average molecular weight is 406 g/mol. The lowest BCUT2D eigenvalue weighted by atomic mass is 9.95. The highest BCUT2D eigenvalue weighted by Gasteiger charge is 2.33. The largest absolute Gasteiger partial charge is 0.379 e. The van der Waals surface area contributed by atoms with E-state index in [2.05, 4.69) is 9.88 Å². The van der Waals surface area contributed by atoms with E-state index < -0.39 is 0 Å². The first-order chi connectivity index (χ1) is 14.0. The molecule has 1 aromatic heterocycles. The van der Waals surface area contributed by atoms with Gasteiger partial charge < -0.3 is 19.1 Å². The Morgan fingerprint density at radius 2 is 2.07 bits per heavy atom. The molecule has 1 atom stereocenters. The Morgan fingerprint density at radius 3 is 2.72 bits per heavy atom. The molecule has 3 rings (SSSR count). The number of hydrogen-bond donors (Lipinski definition) is 0. The number of aromatic nitrogens is 2. The summed E-state index contributed by atoms with van der Waals surface area (Å²) in [7, 11) is 1.95. The Morgan fingerprint density at radius 1 is 1.31 bits per heavy atom. The SMILES string of the molecule is CC(C)N(Cc1nccn1C)C(=O)[C@H]1CCC(=O)N(CCCN2CCOCC2)C1. The Bertz CT molecular complexity index is 684. The predicted molar refractivity (Wildman–Crippen MR) is 110 cm³/mol. The van der Waals surface area contributed by atoms with Crippen LogP contribution in [0.1, 0.15) is 38.9 Å². The van der Waals surface area contributed by atoms with Crippen molar-refractivity contribution in [1.82, 2.24) is 24.3 Å². The second-order valence-corrected chi connectivity index (χ2v) is 8.40. The van der Waals surface area contributed by atoms with Crippen molar-refractivity contribution in [3.63, 3.8) is 0 Å². The molecule has 1 aromatic rings. The Kier molecular flexibility index (Phi) is 7.66. The first-order valence-electron chi connectivity index (χ1n) is 10.8. The van der Waals surface area contributed by atoms with Gasteiger partial charge in [-0.2, -0.15) is 0 Å². The Balaban J connectivity index is 1.54. The normalized spacial score (nSPS) is 21.0. The fourth-order valence-corrected chi connectivity index (χ4v) is 4.09. The average Bonchev–Trinajstić information content (AvgIpc) is 3.12. The fraction of sp³-hybridized carbons (Fsp3) is 0.762. The summed E-state index contributed by atoms with van der Waals surface area (Å²) >= 11 is 0. The molecule has 0 aliphatic carbocycles. The molecule has 3 heterocycles. The van der Waals surface area contributed by atoms with Crippen LogP contribution in [0.2, 0.25) is 0 Å². The van der Waals surface area contributed by atoms with Gasteiger partial charge in [0, 0.05) is 64.6 Å². The highest BCUT2D eigenvalue weighted by atomic mass is 16.5. The maximum absolute atomic E-state index is 13.3. The van der Waals surface area contributed by atoms with E-state index in [1.54, 1.807) is 6.20 Å². The van der Waals surface area contributed by atoms with Crippen molar-refractivity contribution >= 4 is 11.8 Å². The number of carbonyl (C=O) groups excluding carboxylic acids is 2. The summed E-state index contributed by atoms with van der Waals surface area (Å²) in [6.45, 7) is 10.3. The molecule has 8 nitrogen and oxygen atoms in total. The number of amides is 2. The van der Waals surface area contributed by atoms with Gasteiger partial charge in [0.05, 0.1) is 25.7 Å². The van der Waals surface area contributed by atoms with Crippen LogP contribution in [0.4, 0.5) is 0 Å². The first-order valence-corrected chi connectivity index (χ1v) is 10.8. The molecule has 0 spiro atoms. The van der Waals surface area contributed by atoms with Gasteiger partial charge in [0.25, 0.3) is 0 Å². The van der Waals surface area contributed by atoms with Gasteiger partial charge in [-0.15, -0.1) is 0 Å². The zero-order chi connectivity index (χ0) is 20.8. The van der Waals surface area contributed by atoms with E-state index in [9.17, 15) is 9.59 Å². The summed E-state index contributed by atoms with van der Waals surface area (Å²) < 4.78 is 7.33. The molecule has 2 fully saturated rings.